The normalized spacial score (nSPS) is 18.4. The molecule has 0 bridgehead atoms. The van der Waals surface area contributed by atoms with Gasteiger partial charge in [-0.05, 0) is 44.5 Å². The lowest BCUT2D eigenvalue weighted by Crippen LogP contribution is -2.42. The van der Waals surface area contributed by atoms with Crippen molar-refractivity contribution in [3.63, 3.8) is 0 Å². The highest BCUT2D eigenvalue weighted by atomic mass is 16.5. The van der Waals surface area contributed by atoms with Crippen molar-refractivity contribution < 1.29 is 9.32 Å². The lowest BCUT2D eigenvalue weighted by atomic mass is 9.98. The third kappa shape index (κ3) is 3.17. The van der Waals surface area contributed by atoms with Gasteiger partial charge in [-0.3, -0.25) is 9.78 Å². The second-order valence-corrected chi connectivity index (χ2v) is 5.63. The minimum absolute atomic E-state index is 0.0511. The number of piperidine rings is 1. The monoisotopic (exact) mass is 300 g/mol. The average molecular weight is 300 g/mol. The summed E-state index contributed by atoms with van der Waals surface area (Å²) < 4.78 is 5.30. The van der Waals surface area contributed by atoms with E-state index in [4.69, 9.17) is 4.52 Å². The number of hydrogen-bond donors (Lipinski definition) is 1. The molecule has 0 aliphatic carbocycles. The molecule has 2 aromatic rings. The van der Waals surface area contributed by atoms with E-state index in [-0.39, 0.29) is 5.91 Å². The van der Waals surface area contributed by atoms with Gasteiger partial charge >= 0.3 is 0 Å². The van der Waals surface area contributed by atoms with Gasteiger partial charge in [-0.25, -0.2) is 0 Å². The van der Waals surface area contributed by atoms with E-state index in [0.29, 0.717) is 17.4 Å². The molecule has 0 unspecified atom stereocenters. The first-order valence-corrected chi connectivity index (χ1v) is 7.59. The van der Waals surface area contributed by atoms with E-state index in [2.05, 4.69) is 15.5 Å². The molecule has 1 aliphatic heterocycles. The van der Waals surface area contributed by atoms with Crippen LogP contribution in [0.15, 0.2) is 35.1 Å². The molecule has 1 atom stereocenters. The van der Waals surface area contributed by atoms with Gasteiger partial charge in [0.15, 0.2) is 11.5 Å². The second kappa shape index (κ2) is 6.70. The molecule has 3 heterocycles. The fourth-order valence-corrected chi connectivity index (χ4v) is 2.90. The summed E-state index contributed by atoms with van der Waals surface area (Å²) >= 11 is 0. The molecule has 1 saturated heterocycles. The predicted molar refractivity (Wildman–Crippen MR) is 82.3 cm³/mol. The fourth-order valence-electron chi connectivity index (χ4n) is 2.90. The van der Waals surface area contributed by atoms with Crippen molar-refractivity contribution in [3.8, 4) is 11.3 Å². The summed E-state index contributed by atoms with van der Waals surface area (Å²) in [5.41, 5.74) is 1.24. The summed E-state index contributed by atoms with van der Waals surface area (Å²) in [5, 5.41) is 7.12. The van der Waals surface area contributed by atoms with Gasteiger partial charge in [0.05, 0.1) is 0 Å². The van der Waals surface area contributed by atoms with Gasteiger partial charge in [0, 0.05) is 37.1 Å². The Kier molecular flexibility index (Phi) is 4.48. The van der Waals surface area contributed by atoms with Crippen LogP contribution in [0.2, 0.25) is 0 Å². The highest BCUT2D eigenvalue weighted by molar-refractivity contribution is 5.93. The zero-order valence-corrected chi connectivity index (χ0v) is 12.7. The maximum atomic E-state index is 12.6. The summed E-state index contributed by atoms with van der Waals surface area (Å²) in [6.45, 7) is 2.50. The minimum Gasteiger partial charge on any atom is -0.355 e. The van der Waals surface area contributed by atoms with Crippen molar-refractivity contribution in [3.05, 3.63) is 36.3 Å². The molecule has 1 amide bonds. The summed E-state index contributed by atoms with van der Waals surface area (Å²) in [7, 11) is 1.94. The van der Waals surface area contributed by atoms with Gasteiger partial charge in [0.2, 0.25) is 0 Å². The minimum atomic E-state index is -0.0511. The van der Waals surface area contributed by atoms with Gasteiger partial charge in [0.25, 0.3) is 5.91 Å². The maximum Gasteiger partial charge on any atom is 0.276 e. The number of carbonyl (C=O) groups excluding carboxylic acids is 1. The van der Waals surface area contributed by atoms with Crippen LogP contribution in [0.1, 0.15) is 23.3 Å². The standard InChI is InChI=1S/C16H20N4O2/c1-17-10-12-3-2-8-20(11-12)16(21)14-9-15(22-19-14)13-4-6-18-7-5-13/h4-7,9,12,17H,2-3,8,10-11H2,1H3/t12-/m0/s1. The largest absolute Gasteiger partial charge is 0.355 e. The smallest absolute Gasteiger partial charge is 0.276 e. The van der Waals surface area contributed by atoms with Crippen LogP contribution in [0.5, 0.6) is 0 Å². The van der Waals surface area contributed by atoms with E-state index in [1.807, 2.05) is 24.1 Å². The number of aromatic nitrogens is 2. The number of hydrogen-bond acceptors (Lipinski definition) is 5. The van der Waals surface area contributed by atoms with Gasteiger partial charge in [-0.2, -0.15) is 0 Å². The second-order valence-electron chi connectivity index (χ2n) is 5.63. The van der Waals surface area contributed by atoms with E-state index >= 15 is 0 Å². The van der Waals surface area contributed by atoms with Gasteiger partial charge < -0.3 is 14.7 Å². The number of pyridine rings is 1. The highest BCUT2D eigenvalue weighted by Crippen LogP contribution is 2.22. The molecule has 3 rings (SSSR count). The SMILES string of the molecule is CNC[C@@H]1CCCN(C(=O)c2cc(-c3ccncc3)on2)C1. The topological polar surface area (TPSA) is 71.3 Å². The molecule has 6 heteroatoms. The lowest BCUT2D eigenvalue weighted by Gasteiger charge is -2.32. The van der Waals surface area contributed by atoms with E-state index in [0.717, 1.165) is 38.0 Å². The molecule has 0 radical (unpaired) electrons. The molecule has 116 valence electrons. The zero-order chi connectivity index (χ0) is 15.4. The van der Waals surface area contributed by atoms with Crippen molar-refractivity contribution in [2.24, 2.45) is 5.92 Å². The quantitative estimate of drug-likeness (QED) is 0.932. The van der Waals surface area contributed by atoms with E-state index < -0.39 is 0 Å². The molecule has 0 aromatic carbocycles. The van der Waals surface area contributed by atoms with E-state index in [9.17, 15) is 4.79 Å². The van der Waals surface area contributed by atoms with Crippen molar-refractivity contribution >= 4 is 5.91 Å². The Hall–Kier alpha value is -2.21. The van der Waals surface area contributed by atoms with Crippen LogP contribution in [0.3, 0.4) is 0 Å². The van der Waals surface area contributed by atoms with E-state index in [1.54, 1.807) is 18.5 Å². The van der Waals surface area contributed by atoms with Crippen molar-refractivity contribution in [1.82, 2.24) is 20.4 Å². The summed E-state index contributed by atoms with van der Waals surface area (Å²) in [6, 6.07) is 5.37. The number of likely N-dealkylation sites (tertiary alicyclic amines) is 1. The Balaban J connectivity index is 1.71. The predicted octanol–water partition coefficient (Wildman–Crippen LogP) is 1.81. The van der Waals surface area contributed by atoms with Crippen LogP contribution in [0.25, 0.3) is 11.3 Å². The first-order chi connectivity index (χ1) is 10.8. The Morgan fingerprint density at radius 3 is 3.05 bits per heavy atom. The zero-order valence-electron chi connectivity index (χ0n) is 12.7. The van der Waals surface area contributed by atoms with Crippen molar-refractivity contribution in [1.29, 1.82) is 0 Å². The first-order valence-electron chi connectivity index (χ1n) is 7.59. The van der Waals surface area contributed by atoms with Crippen LogP contribution >= 0.6 is 0 Å². The third-order valence-electron chi connectivity index (χ3n) is 3.99. The molecule has 22 heavy (non-hydrogen) atoms. The van der Waals surface area contributed by atoms with Crippen LogP contribution < -0.4 is 5.32 Å². The number of carbonyl (C=O) groups is 1. The third-order valence-corrected chi connectivity index (χ3v) is 3.99. The van der Waals surface area contributed by atoms with Crippen molar-refractivity contribution in [2.75, 3.05) is 26.7 Å². The Bertz CT molecular complexity index is 624. The molecule has 1 N–H and O–H groups in total. The van der Waals surface area contributed by atoms with Gasteiger partial charge in [-0.15, -0.1) is 0 Å². The molecule has 0 spiro atoms. The van der Waals surface area contributed by atoms with E-state index in [1.165, 1.54) is 0 Å². The number of amides is 1. The van der Waals surface area contributed by atoms with Crippen LogP contribution in [0.4, 0.5) is 0 Å². The molecule has 0 saturated carbocycles. The molecular formula is C16H20N4O2. The summed E-state index contributed by atoms with van der Waals surface area (Å²) in [6.07, 6.45) is 5.57. The van der Waals surface area contributed by atoms with Crippen LogP contribution in [-0.2, 0) is 0 Å². The Morgan fingerprint density at radius 2 is 2.27 bits per heavy atom. The van der Waals surface area contributed by atoms with Crippen LogP contribution in [-0.4, -0.2) is 47.6 Å². The Morgan fingerprint density at radius 1 is 1.45 bits per heavy atom. The fraction of sp³-hybridized carbons (Fsp3) is 0.438. The first kappa shape index (κ1) is 14.7. The van der Waals surface area contributed by atoms with Gasteiger partial charge in [-0.1, -0.05) is 5.16 Å². The Labute approximate surface area is 129 Å². The average Bonchev–Trinajstić information content (AvgIpc) is 3.05. The number of nitrogens with zero attached hydrogens (tertiary/aromatic N) is 3. The molecule has 1 aliphatic rings. The molecule has 1 fully saturated rings. The maximum absolute atomic E-state index is 12.6. The lowest BCUT2D eigenvalue weighted by molar-refractivity contribution is 0.0664. The van der Waals surface area contributed by atoms with Crippen molar-refractivity contribution in [2.45, 2.75) is 12.8 Å². The molecule has 6 nitrogen and oxygen atoms in total. The number of nitrogens with one attached hydrogen (secondary N) is 1. The number of rotatable bonds is 4. The molecular weight excluding hydrogens is 280 g/mol. The van der Waals surface area contributed by atoms with Crippen LogP contribution in [0, 0.1) is 5.92 Å². The highest BCUT2D eigenvalue weighted by Gasteiger charge is 2.26. The van der Waals surface area contributed by atoms with Gasteiger partial charge in [0.1, 0.15) is 0 Å². The summed E-state index contributed by atoms with van der Waals surface area (Å²) in [5.74, 6) is 1.05. The molecule has 2 aromatic heterocycles. The summed E-state index contributed by atoms with van der Waals surface area (Å²) in [4.78, 5) is 18.4.